The topological polar surface area (TPSA) is 108 Å². The number of nitrogens with one attached hydrogen (secondary N) is 2. The Hall–Kier alpha value is -2.33. The molecular weight excluding hydrogens is 550 g/mol. The Morgan fingerprint density at radius 2 is 1.89 bits per heavy atom. The van der Waals surface area contributed by atoms with Gasteiger partial charge >= 0.3 is 0 Å². The fourth-order valence-electron chi connectivity index (χ4n) is 3.91. The molecule has 1 aliphatic heterocycles. The molecule has 2 heterocycles. The molecule has 8 nitrogen and oxygen atoms in total. The highest BCUT2D eigenvalue weighted by molar-refractivity contribution is 6.54. The number of β-amino-alcohol motifs (C(OH)–C–C–N with tert-alkyl or cyclic N) is 1. The third kappa shape index (κ3) is 6.14. The third-order valence-corrected chi connectivity index (χ3v) is 6.69. The maximum absolute atomic E-state index is 12.8. The molecular formula is C24H22Cl4N4O4. The van der Waals surface area contributed by atoms with E-state index >= 15 is 0 Å². The van der Waals surface area contributed by atoms with Gasteiger partial charge in [-0.3, -0.25) is 9.59 Å². The number of carbonyl (C=O) groups is 2. The molecule has 0 radical (unpaired) electrons. The molecule has 0 aliphatic carbocycles. The zero-order valence-electron chi connectivity index (χ0n) is 18.8. The van der Waals surface area contributed by atoms with Crippen molar-refractivity contribution in [1.29, 1.82) is 0 Å². The molecule has 1 aromatic heterocycles. The number of alkyl halides is 2. The first-order valence-corrected chi connectivity index (χ1v) is 12.7. The smallest absolute Gasteiger partial charge is 0.260 e. The number of rotatable bonds is 8. The van der Waals surface area contributed by atoms with E-state index in [1.807, 2.05) is 0 Å². The summed E-state index contributed by atoms with van der Waals surface area (Å²) in [6.07, 6.45) is -0.221. The van der Waals surface area contributed by atoms with Crippen molar-refractivity contribution in [1.82, 2.24) is 15.8 Å². The van der Waals surface area contributed by atoms with Crippen molar-refractivity contribution in [3.05, 3.63) is 58.6 Å². The second-order valence-electron chi connectivity index (χ2n) is 8.16. The van der Waals surface area contributed by atoms with Crippen molar-refractivity contribution < 1.29 is 19.2 Å². The Kier molecular flexibility index (Phi) is 8.77. The van der Waals surface area contributed by atoms with E-state index < -0.39 is 22.9 Å². The van der Waals surface area contributed by atoms with Crippen LogP contribution in [0.4, 0.5) is 5.69 Å². The SMILES string of the molecule is O=C(NCCN(C(=O)C(Cl)Cl)c1cccc(-c2cc(-c3c(Cl)cccc3Cl)no2)c1)C1CC(O)CN1. The molecule has 3 aromatic rings. The number of aromatic nitrogens is 1. The summed E-state index contributed by atoms with van der Waals surface area (Å²) in [4.78, 5) is 25.2. The van der Waals surface area contributed by atoms with Crippen LogP contribution in [0.3, 0.4) is 0 Å². The van der Waals surface area contributed by atoms with Crippen LogP contribution in [0.5, 0.6) is 0 Å². The molecule has 12 heteroatoms. The number of halogens is 4. The lowest BCUT2D eigenvalue weighted by molar-refractivity contribution is -0.123. The Morgan fingerprint density at radius 3 is 2.56 bits per heavy atom. The van der Waals surface area contributed by atoms with Gasteiger partial charge in [0.05, 0.1) is 22.2 Å². The first kappa shape index (κ1) is 26.7. The standard InChI is InChI=1S/C24H22Cl4N4O4/c25-16-5-2-6-17(26)21(16)18-11-20(36-31-18)13-3-1-4-14(9-13)32(24(35)22(27)28)8-7-29-23(34)19-10-15(33)12-30-19/h1-6,9,11,15,19,22,30,33H,7-8,10,12H2,(H,29,34). The van der Waals surface area contributed by atoms with Gasteiger partial charge in [-0.15, -0.1) is 0 Å². The molecule has 1 aliphatic rings. The van der Waals surface area contributed by atoms with Crippen LogP contribution < -0.4 is 15.5 Å². The van der Waals surface area contributed by atoms with E-state index in [2.05, 4.69) is 15.8 Å². The van der Waals surface area contributed by atoms with Crippen LogP contribution in [0, 0.1) is 0 Å². The average molecular weight is 572 g/mol. The predicted octanol–water partition coefficient (Wildman–Crippen LogP) is 4.29. The summed E-state index contributed by atoms with van der Waals surface area (Å²) in [5.41, 5.74) is 2.16. The van der Waals surface area contributed by atoms with Gasteiger partial charge in [0, 0.05) is 42.5 Å². The van der Waals surface area contributed by atoms with Gasteiger partial charge in [-0.2, -0.15) is 0 Å². The van der Waals surface area contributed by atoms with E-state index in [9.17, 15) is 14.7 Å². The summed E-state index contributed by atoms with van der Waals surface area (Å²) < 4.78 is 5.53. The first-order valence-electron chi connectivity index (χ1n) is 11.0. The van der Waals surface area contributed by atoms with Crippen molar-refractivity contribution in [3.8, 4) is 22.6 Å². The summed E-state index contributed by atoms with van der Waals surface area (Å²) in [6.45, 7) is 0.638. The van der Waals surface area contributed by atoms with Crippen LogP contribution in [-0.4, -0.2) is 58.7 Å². The van der Waals surface area contributed by atoms with E-state index in [1.54, 1.807) is 48.5 Å². The van der Waals surface area contributed by atoms with Crippen LogP contribution in [0.1, 0.15) is 6.42 Å². The molecule has 190 valence electrons. The van der Waals surface area contributed by atoms with Gasteiger partial charge in [-0.1, -0.05) is 69.8 Å². The molecule has 0 bridgehead atoms. The Morgan fingerprint density at radius 1 is 1.17 bits per heavy atom. The number of carbonyl (C=O) groups excluding carboxylic acids is 2. The second kappa shape index (κ2) is 11.8. The summed E-state index contributed by atoms with van der Waals surface area (Å²) in [5, 5.41) is 20.3. The van der Waals surface area contributed by atoms with Crippen molar-refractivity contribution in [2.45, 2.75) is 23.4 Å². The first-order chi connectivity index (χ1) is 17.2. The van der Waals surface area contributed by atoms with Crippen LogP contribution in [0.25, 0.3) is 22.6 Å². The van der Waals surface area contributed by atoms with Crippen LogP contribution in [-0.2, 0) is 9.59 Å². The molecule has 3 N–H and O–H groups in total. The quantitative estimate of drug-likeness (QED) is 0.348. The minimum absolute atomic E-state index is 0.121. The lowest BCUT2D eigenvalue weighted by Crippen LogP contribution is -2.45. The van der Waals surface area contributed by atoms with Gasteiger partial charge in [0.25, 0.3) is 5.91 Å². The van der Waals surface area contributed by atoms with Crippen molar-refractivity contribution in [3.63, 3.8) is 0 Å². The average Bonchev–Trinajstić information content (AvgIpc) is 3.51. The molecule has 4 rings (SSSR count). The van der Waals surface area contributed by atoms with Gasteiger partial charge in [0.1, 0.15) is 5.69 Å². The molecule has 1 fully saturated rings. The Labute approximate surface area is 227 Å². The summed E-state index contributed by atoms with van der Waals surface area (Å²) >= 11 is 24.4. The summed E-state index contributed by atoms with van der Waals surface area (Å²) in [7, 11) is 0. The predicted molar refractivity (Wildman–Crippen MR) is 141 cm³/mol. The minimum Gasteiger partial charge on any atom is -0.392 e. The van der Waals surface area contributed by atoms with Crippen molar-refractivity contribution in [2.24, 2.45) is 0 Å². The molecule has 2 atom stereocenters. The monoisotopic (exact) mass is 570 g/mol. The molecule has 0 spiro atoms. The Bertz CT molecular complexity index is 1230. The van der Waals surface area contributed by atoms with Gasteiger partial charge in [-0.05, 0) is 30.7 Å². The van der Waals surface area contributed by atoms with Crippen LogP contribution >= 0.6 is 46.4 Å². The van der Waals surface area contributed by atoms with Gasteiger partial charge in [-0.25, -0.2) is 0 Å². The number of benzene rings is 2. The zero-order chi connectivity index (χ0) is 25.8. The molecule has 1 saturated heterocycles. The minimum atomic E-state index is -1.30. The molecule has 2 amide bonds. The molecule has 36 heavy (non-hydrogen) atoms. The number of hydrogen-bond donors (Lipinski definition) is 3. The fraction of sp³-hybridized carbons (Fsp3) is 0.292. The number of hydrogen-bond acceptors (Lipinski definition) is 6. The lowest BCUT2D eigenvalue weighted by Gasteiger charge is -2.24. The molecule has 2 aromatic carbocycles. The normalized spacial score (nSPS) is 17.4. The summed E-state index contributed by atoms with van der Waals surface area (Å²) in [5.74, 6) is -0.364. The van der Waals surface area contributed by atoms with E-state index in [0.717, 1.165) is 0 Å². The number of aliphatic hydroxyl groups excluding tert-OH is 1. The van der Waals surface area contributed by atoms with E-state index in [-0.39, 0.29) is 19.0 Å². The highest BCUT2D eigenvalue weighted by atomic mass is 35.5. The van der Waals surface area contributed by atoms with E-state index in [4.69, 9.17) is 50.9 Å². The maximum atomic E-state index is 12.8. The highest BCUT2D eigenvalue weighted by Gasteiger charge is 2.28. The Balaban J connectivity index is 1.52. The van der Waals surface area contributed by atoms with Crippen LogP contribution in [0.15, 0.2) is 53.1 Å². The van der Waals surface area contributed by atoms with Crippen molar-refractivity contribution in [2.75, 3.05) is 24.5 Å². The summed E-state index contributed by atoms with van der Waals surface area (Å²) in [6, 6.07) is 13.4. The third-order valence-electron chi connectivity index (χ3n) is 5.68. The van der Waals surface area contributed by atoms with Crippen molar-refractivity contribution >= 4 is 63.9 Å². The number of nitrogens with zero attached hydrogens (tertiary/aromatic N) is 2. The number of amides is 2. The van der Waals surface area contributed by atoms with Gasteiger partial charge in [0.2, 0.25) is 5.91 Å². The highest BCUT2D eigenvalue weighted by Crippen LogP contribution is 2.36. The maximum Gasteiger partial charge on any atom is 0.260 e. The largest absolute Gasteiger partial charge is 0.392 e. The molecule has 0 saturated carbocycles. The lowest BCUT2D eigenvalue weighted by atomic mass is 10.1. The van der Waals surface area contributed by atoms with Crippen LogP contribution in [0.2, 0.25) is 10.0 Å². The zero-order valence-corrected chi connectivity index (χ0v) is 21.8. The number of anilines is 1. The molecule has 2 unspecified atom stereocenters. The van der Waals surface area contributed by atoms with E-state index in [0.29, 0.717) is 51.3 Å². The van der Waals surface area contributed by atoms with Gasteiger partial charge < -0.3 is 25.2 Å². The second-order valence-corrected chi connectivity index (χ2v) is 10.1. The fourth-order valence-corrected chi connectivity index (χ4v) is 4.74. The van der Waals surface area contributed by atoms with Gasteiger partial charge in [0.15, 0.2) is 10.6 Å². The van der Waals surface area contributed by atoms with E-state index in [1.165, 1.54) is 4.90 Å². The number of aliphatic hydroxyl groups is 1.